The standard InChI is InChI=1S/C9H14F2N4S/c1-9(10,11)16-8-14-5-7(6-15-8)4-13-3-2-12/h5-6,13H,2-4,12H2,1H3. The van der Waals surface area contributed by atoms with Crippen molar-refractivity contribution in [1.29, 1.82) is 0 Å². The largest absolute Gasteiger partial charge is 0.329 e. The minimum Gasteiger partial charge on any atom is -0.329 e. The summed E-state index contributed by atoms with van der Waals surface area (Å²) >= 11 is 0.342. The first-order valence-corrected chi connectivity index (χ1v) is 5.61. The Morgan fingerprint density at radius 1 is 1.44 bits per heavy atom. The van der Waals surface area contributed by atoms with Crippen molar-refractivity contribution in [2.75, 3.05) is 13.1 Å². The van der Waals surface area contributed by atoms with Crippen LogP contribution in [0.15, 0.2) is 17.6 Å². The molecule has 0 aliphatic rings. The van der Waals surface area contributed by atoms with Crippen LogP contribution in [0, 0.1) is 0 Å². The third-order valence-electron chi connectivity index (χ3n) is 1.60. The molecule has 90 valence electrons. The lowest BCUT2D eigenvalue weighted by molar-refractivity contribution is 0.128. The Kier molecular flexibility index (Phi) is 5.04. The zero-order valence-corrected chi connectivity index (χ0v) is 9.73. The average Bonchev–Trinajstić information content (AvgIpc) is 2.19. The number of aromatic nitrogens is 2. The highest BCUT2D eigenvalue weighted by molar-refractivity contribution is 8.00. The van der Waals surface area contributed by atoms with Crippen molar-refractivity contribution in [3.05, 3.63) is 18.0 Å². The molecule has 0 spiro atoms. The van der Waals surface area contributed by atoms with E-state index in [0.29, 0.717) is 31.4 Å². The zero-order valence-electron chi connectivity index (χ0n) is 8.91. The van der Waals surface area contributed by atoms with Gasteiger partial charge in [0.2, 0.25) is 0 Å². The number of nitrogens with one attached hydrogen (secondary N) is 1. The molecule has 1 heterocycles. The summed E-state index contributed by atoms with van der Waals surface area (Å²) in [4.78, 5) is 7.69. The van der Waals surface area contributed by atoms with Crippen molar-refractivity contribution in [3.63, 3.8) is 0 Å². The second kappa shape index (κ2) is 6.07. The number of hydrogen-bond donors (Lipinski definition) is 2. The van der Waals surface area contributed by atoms with Crippen LogP contribution in [0.25, 0.3) is 0 Å². The molecule has 0 saturated carbocycles. The van der Waals surface area contributed by atoms with E-state index in [1.54, 1.807) is 0 Å². The SMILES string of the molecule is CC(F)(F)Sc1ncc(CNCCN)cn1. The van der Waals surface area contributed by atoms with Crippen LogP contribution in [0.5, 0.6) is 0 Å². The highest BCUT2D eigenvalue weighted by atomic mass is 32.2. The van der Waals surface area contributed by atoms with E-state index in [0.717, 1.165) is 12.5 Å². The van der Waals surface area contributed by atoms with Crippen molar-refractivity contribution >= 4 is 11.8 Å². The number of hydrogen-bond acceptors (Lipinski definition) is 5. The van der Waals surface area contributed by atoms with E-state index in [-0.39, 0.29) is 5.16 Å². The normalized spacial score (nSPS) is 11.8. The number of halogens is 2. The van der Waals surface area contributed by atoms with Crippen LogP contribution in [0.4, 0.5) is 8.78 Å². The predicted octanol–water partition coefficient (Wildman–Crippen LogP) is 1.23. The summed E-state index contributed by atoms with van der Waals surface area (Å²) < 4.78 is 25.2. The summed E-state index contributed by atoms with van der Waals surface area (Å²) in [6, 6.07) is 0. The lowest BCUT2D eigenvalue weighted by atomic mass is 10.3. The fourth-order valence-electron chi connectivity index (χ4n) is 0.982. The number of alkyl halides is 2. The molecule has 0 aromatic carbocycles. The molecule has 0 aliphatic carbocycles. The summed E-state index contributed by atoms with van der Waals surface area (Å²) in [5.74, 6) is 0. The van der Waals surface area contributed by atoms with E-state index >= 15 is 0 Å². The number of thioether (sulfide) groups is 1. The van der Waals surface area contributed by atoms with Crippen molar-refractivity contribution in [3.8, 4) is 0 Å². The summed E-state index contributed by atoms with van der Waals surface area (Å²) in [7, 11) is 0. The molecule has 0 aliphatic heterocycles. The molecular weight excluding hydrogens is 234 g/mol. The smallest absolute Gasteiger partial charge is 0.298 e. The van der Waals surface area contributed by atoms with Gasteiger partial charge < -0.3 is 11.1 Å². The van der Waals surface area contributed by atoms with Crippen LogP contribution in [0.2, 0.25) is 0 Å². The quantitative estimate of drug-likeness (QED) is 0.450. The van der Waals surface area contributed by atoms with Gasteiger partial charge in [0.25, 0.3) is 5.25 Å². The van der Waals surface area contributed by atoms with E-state index in [4.69, 9.17) is 5.73 Å². The maximum Gasteiger partial charge on any atom is 0.298 e. The van der Waals surface area contributed by atoms with Crippen molar-refractivity contribution in [2.24, 2.45) is 5.73 Å². The monoisotopic (exact) mass is 248 g/mol. The van der Waals surface area contributed by atoms with Gasteiger partial charge in [-0.2, -0.15) is 8.78 Å². The fourth-order valence-corrected chi connectivity index (χ4v) is 1.51. The van der Waals surface area contributed by atoms with Gasteiger partial charge in [0.05, 0.1) is 0 Å². The van der Waals surface area contributed by atoms with Gasteiger partial charge in [0.1, 0.15) is 0 Å². The molecule has 0 bridgehead atoms. The third-order valence-corrected chi connectivity index (χ3v) is 2.35. The predicted molar refractivity (Wildman–Crippen MR) is 59.3 cm³/mol. The maximum absolute atomic E-state index is 12.6. The molecular formula is C9H14F2N4S. The van der Waals surface area contributed by atoms with Gasteiger partial charge in [-0.15, -0.1) is 0 Å². The number of rotatable bonds is 6. The van der Waals surface area contributed by atoms with Gasteiger partial charge >= 0.3 is 0 Å². The van der Waals surface area contributed by atoms with Gasteiger partial charge in [-0.1, -0.05) is 0 Å². The van der Waals surface area contributed by atoms with Crippen molar-refractivity contribution in [2.45, 2.75) is 23.9 Å². The lowest BCUT2D eigenvalue weighted by Crippen LogP contribution is -2.22. The van der Waals surface area contributed by atoms with Gasteiger partial charge in [-0.3, -0.25) is 0 Å². The van der Waals surface area contributed by atoms with Crippen LogP contribution in [-0.2, 0) is 6.54 Å². The minimum atomic E-state index is -2.85. The third kappa shape index (κ3) is 5.34. The highest BCUT2D eigenvalue weighted by Crippen LogP contribution is 2.32. The van der Waals surface area contributed by atoms with Crippen LogP contribution in [-0.4, -0.2) is 28.3 Å². The lowest BCUT2D eigenvalue weighted by Gasteiger charge is -2.08. The molecule has 16 heavy (non-hydrogen) atoms. The molecule has 0 fully saturated rings. The molecule has 3 N–H and O–H groups in total. The Balaban J connectivity index is 2.48. The van der Waals surface area contributed by atoms with Crippen LogP contribution in [0.3, 0.4) is 0 Å². The molecule has 0 amide bonds. The van der Waals surface area contributed by atoms with Gasteiger partial charge in [0.15, 0.2) is 5.16 Å². The summed E-state index contributed by atoms with van der Waals surface area (Å²) in [6.45, 7) is 2.66. The summed E-state index contributed by atoms with van der Waals surface area (Å²) in [6.07, 6.45) is 3.06. The van der Waals surface area contributed by atoms with E-state index in [9.17, 15) is 8.78 Å². The maximum atomic E-state index is 12.6. The Labute approximate surface area is 97.0 Å². The first-order chi connectivity index (χ1) is 7.51. The molecule has 0 atom stereocenters. The topological polar surface area (TPSA) is 63.8 Å². The Bertz CT molecular complexity index is 312. The molecule has 7 heteroatoms. The summed E-state index contributed by atoms with van der Waals surface area (Å²) in [5, 5.41) is 0.290. The number of nitrogens with two attached hydrogens (primary N) is 1. The molecule has 0 unspecified atom stereocenters. The van der Waals surface area contributed by atoms with E-state index in [1.807, 2.05) is 0 Å². The molecule has 4 nitrogen and oxygen atoms in total. The number of nitrogens with zero attached hydrogens (tertiary/aromatic N) is 2. The van der Waals surface area contributed by atoms with E-state index in [1.165, 1.54) is 12.4 Å². The molecule has 1 rings (SSSR count). The van der Waals surface area contributed by atoms with Crippen molar-refractivity contribution in [1.82, 2.24) is 15.3 Å². The minimum absolute atomic E-state index is 0.0788. The summed E-state index contributed by atoms with van der Waals surface area (Å²) in [5.41, 5.74) is 6.15. The van der Waals surface area contributed by atoms with Crippen LogP contribution in [0.1, 0.15) is 12.5 Å². The first kappa shape index (κ1) is 13.3. The Morgan fingerprint density at radius 2 is 2.06 bits per heavy atom. The fraction of sp³-hybridized carbons (Fsp3) is 0.556. The second-order valence-electron chi connectivity index (χ2n) is 3.25. The average molecular weight is 248 g/mol. The van der Waals surface area contributed by atoms with E-state index < -0.39 is 5.25 Å². The molecule has 1 aromatic heterocycles. The molecule has 0 radical (unpaired) electrons. The van der Waals surface area contributed by atoms with Gasteiger partial charge in [-0.25, -0.2) is 9.97 Å². The van der Waals surface area contributed by atoms with Crippen molar-refractivity contribution < 1.29 is 8.78 Å². The van der Waals surface area contributed by atoms with Gasteiger partial charge in [0, 0.05) is 44.5 Å². The highest BCUT2D eigenvalue weighted by Gasteiger charge is 2.24. The molecule has 1 aromatic rings. The van der Waals surface area contributed by atoms with Crippen LogP contribution < -0.4 is 11.1 Å². The Hall–Kier alpha value is -0.790. The van der Waals surface area contributed by atoms with E-state index in [2.05, 4.69) is 15.3 Å². The van der Waals surface area contributed by atoms with Crippen LogP contribution >= 0.6 is 11.8 Å². The first-order valence-electron chi connectivity index (χ1n) is 4.80. The molecule has 0 saturated heterocycles. The zero-order chi connectivity index (χ0) is 12.0. The Morgan fingerprint density at radius 3 is 2.56 bits per heavy atom. The van der Waals surface area contributed by atoms with Gasteiger partial charge in [-0.05, 0) is 11.8 Å². The second-order valence-corrected chi connectivity index (χ2v) is 4.54.